The fourth-order valence-electron chi connectivity index (χ4n) is 2.68. The number of amides is 1. The van der Waals surface area contributed by atoms with Gasteiger partial charge in [-0.15, -0.1) is 0 Å². The van der Waals surface area contributed by atoms with Crippen molar-refractivity contribution >= 4 is 6.09 Å². The molecule has 0 bridgehead atoms. The number of ether oxygens (including phenoxy) is 1. The Balaban J connectivity index is 1.82. The molecule has 1 fully saturated rings. The molecule has 1 aliphatic rings. The van der Waals surface area contributed by atoms with Gasteiger partial charge in [0.2, 0.25) is 0 Å². The number of aryl methyl sites for hydroxylation is 1. The van der Waals surface area contributed by atoms with Gasteiger partial charge in [0.1, 0.15) is 11.4 Å². The van der Waals surface area contributed by atoms with Gasteiger partial charge in [0.25, 0.3) is 0 Å². The van der Waals surface area contributed by atoms with E-state index >= 15 is 0 Å². The zero-order chi connectivity index (χ0) is 16.2. The molecule has 0 atom stereocenters. The van der Waals surface area contributed by atoms with Crippen LogP contribution in [0, 0.1) is 0 Å². The van der Waals surface area contributed by atoms with Gasteiger partial charge in [0, 0.05) is 25.5 Å². The summed E-state index contributed by atoms with van der Waals surface area (Å²) < 4.78 is 7.48. The van der Waals surface area contributed by atoms with Crippen LogP contribution in [-0.4, -0.2) is 33.3 Å². The lowest BCUT2D eigenvalue weighted by atomic mass is 9.76. The second kappa shape index (κ2) is 6.69. The maximum atomic E-state index is 12.0. The number of aromatic nitrogens is 2. The molecule has 0 radical (unpaired) electrons. The molecule has 0 unspecified atom stereocenters. The smallest absolute Gasteiger partial charge is 0.408 e. The molecule has 0 saturated heterocycles. The Kier molecular flexibility index (Phi) is 5.11. The Morgan fingerprint density at radius 1 is 1.45 bits per heavy atom. The highest BCUT2D eigenvalue weighted by atomic mass is 16.6. The molecule has 1 heterocycles. The first kappa shape index (κ1) is 16.8. The van der Waals surface area contributed by atoms with Crippen LogP contribution >= 0.6 is 0 Å². The third-order valence-corrected chi connectivity index (χ3v) is 3.97. The summed E-state index contributed by atoms with van der Waals surface area (Å²) in [5.41, 5.74) is -0.639. The third-order valence-electron chi connectivity index (χ3n) is 3.97. The molecule has 0 aliphatic heterocycles. The van der Waals surface area contributed by atoms with Crippen LogP contribution in [0.4, 0.5) is 4.79 Å². The lowest BCUT2D eigenvalue weighted by Gasteiger charge is -2.42. The van der Waals surface area contributed by atoms with Crippen LogP contribution < -0.4 is 10.6 Å². The summed E-state index contributed by atoms with van der Waals surface area (Å²) >= 11 is 0. The predicted molar refractivity (Wildman–Crippen MR) is 85.6 cm³/mol. The molecule has 0 aromatic carbocycles. The molecular weight excluding hydrogens is 280 g/mol. The highest BCUT2D eigenvalue weighted by Crippen LogP contribution is 2.31. The van der Waals surface area contributed by atoms with E-state index in [0.29, 0.717) is 6.54 Å². The van der Waals surface area contributed by atoms with Gasteiger partial charge in [-0.1, -0.05) is 0 Å². The van der Waals surface area contributed by atoms with Crippen LogP contribution in [0.3, 0.4) is 0 Å². The summed E-state index contributed by atoms with van der Waals surface area (Å²) in [4.78, 5) is 16.3. The number of carbonyl (C=O) groups excluding carboxylic acids is 1. The Labute approximate surface area is 132 Å². The second-order valence-electron chi connectivity index (χ2n) is 6.99. The summed E-state index contributed by atoms with van der Waals surface area (Å²) in [6, 6.07) is 0. The molecular formula is C16H28N4O2. The van der Waals surface area contributed by atoms with Gasteiger partial charge in [0.05, 0.1) is 12.1 Å². The number of alkyl carbamates (subject to hydrolysis) is 1. The topological polar surface area (TPSA) is 68.2 Å². The highest BCUT2D eigenvalue weighted by Gasteiger charge is 2.39. The molecule has 124 valence electrons. The second-order valence-corrected chi connectivity index (χ2v) is 6.99. The number of nitrogens with one attached hydrogen (secondary N) is 2. The summed E-state index contributed by atoms with van der Waals surface area (Å²) in [7, 11) is 0. The van der Waals surface area contributed by atoms with Crippen molar-refractivity contribution in [3.8, 4) is 0 Å². The molecule has 6 heteroatoms. The maximum absolute atomic E-state index is 12.0. The molecule has 22 heavy (non-hydrogen) atoms. The van der Waals surface area contributed by atoms with Crippen molar-refractivity contribution in [2.24, 2.45) is 0 Å². The summed E-state index contributed by atoms with van der Waals surface area (Å²) in [6.45, 7) is 10.1. The predicted octanol–water partition coefficient (Wildman–Crippen LogP) is 2.44. The molecule has 1 saturated carbocycles. The fourth-order valence-corrected chi connectivity index (χ4v) is 2.68. The van der Waals surface area contributed by atoms with E-state index in [1.807, 2.05) is 33.2 Å². The van der Waals surface area contributed by atoms with E-state index in [1.54, 1.807) is 0 Å². The molecule has 0 spiro atoms. The molecule has 2 rings (SSSR count). The number of imidazole rings is 1. The fraction of sp³-hybridized carbons (Fsp3) is 0.750. The van der Waals surface area contributed by atoms with Gasteiger partial charge in [0.15, 0.2) is 0 Å². The van der Waals surface area contributed by atoms with Crippen LogP contribution in [0.25, 0.3) is 0 Å². The third kappa shape index (κ3) is 4.47. The highest BCUT2D eigenvalue weighted by molar-refractivity contribution is 5.69. The van der Waals surface area contributed by atoms with Crippen molar-refractivity contribution in [2.75, 3.05) is 6.54 Å². The van der Waals surface area contributed by atoms with E-state index in [4.69, 9.17) is 4.74 Å². The lowest BCUT2D eigenvalue weighted by Crippen LogP contribution is -2.59. The average molecular weight is 308 g/mol. The Morgan fingerprint density at radius 3 is 2.73 bits per heavy atom. The van der Waals surface area contributed by atoms with E-state index in [1.165, 1.54) is 0 Å². The van der Waals surface area contributed by atoms with Crippen molar-refractivity contribution in [1.29, 1.82) is 0 Å². The van der Waals surface area contributed by atoms with Gasteiger partial charge in [-0.2, -0.15) is 0 Å². The number of hydrogen-bond donors (Lipinski definition) is 2. The van der Waals surface area contributed by atoms with E-state index < -0.39 is 5.60 Å². The van der Waals surface area contributed by atoms with E-state index in [0.717, 1.165) is 38.2 Å². The van der Waals surface area contributed by atoms with Gasteiger partial charge in [-0.25, -0.2) is 9.78 Å². The molecule has 1 aromatic heterocycles. The van der Waals surface area contributed by atoms with Crippen molar-refractivity contribution < 1.29 is 9.53 Å². The van der Waals surface area contributed by atoms with Gasteiger partial charge >= 0.3 is 6.09 Å². The number of nitrogens with zero attached hydrogens (tertiary/aromatic N) is 2. The van der Waals surface area contributed by atoms with Crippen LogP contribution in [0.15, 0.2) is 12.4 Å². The minimum Gasteiger partial charge on any atom is -0.444 e. The first-order valence-corrected chi connectivity index (χ1v) is 8.05. The first-order valence-electron chi connectivity index (χ1n) is 8.05. The molecule has 1 aliphatic carbocycles. The Hall–Kier alpha value is -1.56. The minimum absolute atomic E-state index is 0.175. The van der Waals surface area contributed by atoms with Crippen LogP contribution in [-0.2, 0) is 17.8 Å². The molecule has 1 amide bonds. The summed E-state index contributed by atoms with van der Waals surface area (Å²) in [6.07, 6.45) is 6.58. The van der Waals surface area contributed by atoms with Crippen molar-refractivity contribution in [1.82, 2.24) is 20.2 Å². The summed E-state index contributed by atoms with van der Waals surface area (Å²) in [5, 5.41) is 6.46. The quantitative estimate of drug-likeness (QED) is 0.847. The van der Waals surface area contributed by atoms with Crippen molar-refractivity contribution in [2.45, 2.75) is 71.2 Å². The first-order chi connectivity index (χ1) is 10.3. The maximum Gasteiger partial charge on any atom is 0.408 e. The van der Waals surface area contributed by atoms with Crippen molar-refractivity contribution in [3.05, 3.63) is 18.2 Å². The van der Waals surface area contributed by atoms with Gasteiger partial charge in [-0.05, 0) is 47.0 Å². The summed E-state index contributed by atoms with van der Waals surface area (Å²) in [5.74, 6) is 1.02. The monoisotopic (exact) mass is 308 g/mol. The zero-order valence-corrected chi connectivity index (χ0v) is 14.1. The Bertz CT molecular complexity index is 500. The van der Waals surface area contributed by atoms with E-state index in [9.17, 15) is 4.79 Å². The van der Waals surface area contributed by atoms with E-state index in [-0.39, 0.29) is 11.6 Å². The molecule has 2 N–H and O–H groups in total. The van der Waals surface area contributed by atoms with Crippen LogP contribution in [0.1, 0.15) is 52.8 Å². The van der Waals surface area contributed by atoms with Gasteiger partial charge < -0.3 is 19.9 Å². The number of carbonyl (C=O) groups is 1. The largest absolute Gasteiger partial charge is 0.444 e. The number of rotatable bonds is 6. The normalized spacial score (nSPS) is 16.9. The Morgan fingerprint density at radius 2 is 2.18 bits per heavy atom. The SMILES string of the molecule is CCn1ccnc1CNCC1(NC(=O)OC(C)(C)C)CCC1. The minimum atomic E-state index is -0.464. The average Bonchev–Trinajstić information content (AvgIpc) is 2.80. The molecule has 6 nitrogen and oxygen atoms in total. The lowest BCUT2D eigenvalue weighted by molar-refractivity contribution is 0.0382. The number of hydrogen-bond acceptors (Lipinski definition) is 4. The van der Waals surface area contributed by atoms with Crippen molar-refractivity contribution in [3.63, 3.8) is 0 Å². The zero-order valence-electron chi connectivity index (χ0n) is 14.1. The van der Waals surface area contributed by atoms with E-state index in [2.05, 4.69) is 27.1 Å². The van der Waals surface area contributed by atoms with Gasteiger partial charge in [-0.3, -0.25) is 0 Å². The standard InChI is InChI=1S/C16H28N4O2/c1-5-20-10-9-18-13(20)11-17-12-16(7-6-8-16)19-14(21)22-15(2,3)4/h9-10,17H,5-8,11-12H2,1-4H3,(H,19,21). The van der Waals surface area contributed by atoms with Crippen LogP contribution in [0.5, 0.6) is 0 Å². The molecule has 1 aromatic rings. The van der Waals surface area contributed by atoms with Crippen LogP contribution in [0.2, 0.25) is 0 Å².